The minimum atomic E-state index is -2.59. The highest BCUT2D eigenvalue weighted by molar-refractivity contribution is 6.60. The summed E-state index contributed by atoms with van der Waals surface area (Å²) in [5.41, 5.74) is 1.63. The summed E-state index contributed by atoms with van der Waals surface area (Å²) in [6, 6.07) is 5.81. The van der Waals surface area contributed by atoms with Crippen molar-refractivity contribution in [2.45, 2.75) is 12.5 Å². The van der Waals surface area contributed by atoms with Crippen LogP contribution in [0.4, 0.5) is 4.79 Å². The molecule has 9 heteroatoms. The molecule has 126 valence electrons. The third-order valence-electron chi connectivity index (χ3n) is 3.46. The first-order valence-corrected chi connectivity index (χ1v) is 9.10. The number of rotatable bonds is 8. The second-order valence-electron chi connectivity index (χ2n) is 4.80. The molecule has 0 unspecified atom stereocenters. The zero-order valence-electron chi connectivity index (χ0n) is 13.4. The first-order valence-electron chi connectivity index (χ1n) is 7.17. The Bertz CT molecular complexity index is 636. The maximum absolute atomic E-state index is 11.8. The summed E-state index contributed by atoms with van der Waals surface area (Å²) in [5.74, 6) is 0.452. The van der Waals surface area contributed by atoms with E-state index in [9.17, 15) is 4.79 Å². The number of amides is 1. The minimum absolute atomic E-state index is 0.440. The van der Waals surface area contributed by atoms with E-state index in [0.29, 0.717) is 24.8 Å². The number of H-pyrrole nitrogens is 1. The average molecular weight is 339 g/mol. The van der Waals surface area contributed by atoms with Crippen molar-refractivity contribution in [3.63, 3.8) is 0 Å². The molecule has 0 saturated carbocycles. The largest absolute Gasteiger partial charge is 0.500 e. The van der Waals surface area contributed by atoms with E-state index in [1.807, 2.05) is 0 Å². The Balaban J connectivity index is 1.76. The smallest absolute Gasteiger partial charge is 0.410 e. The van der Waals surface area contributed by atoms with Crippen LogP contribution in [0.1, 0.15) is 6.42 Å². The number of fused-ring (bicyclic) bond motifs is 1. The van der Waals surface area contributed by atoms with E-state index in [2.05, 4.69) is 15.3 Å². The zero-order valence-corrected chi connectivity index (χ0v) is 14.4. The Morgan fingerprint density at radius 3 is 2.70 bits per heavy atom. The van der Waals surface area contributed by atoms with Crippen molar-refractivity contribution in [2.75, 3.05) is 27.9 Å². The van der Waals surface area contributed by atoms with Gasteiger partial charge in [0, 0.05) is 40.0 Å². The first kappa shape index (κ1) is 17.4. The van der Waals surface area contributed by atoms with E-state index in [-0.39, 0.29) is 0 Å². The molecule has 0 saturated heterocycles. The van der Waals surface area contributed by atoms with Gasteiger partial charge in [-0.2, -0.15) is 0 Å². The molecule has 0 aliphatic heterocycles. The van der Waals surface area contributed by atoms with Crippen molar-refractivity contribution in [2.24, 2.45) is 0 Å². The van der Waals surface area contributed by atoms with E-state index in [1.54, 1.807) is 45.9 Å². The third kappa shape index (κ3) is 4.52. The van der Waals surface area contributed by atoms with Crippen molar-refractivity contribution >= 4 is 25.9 Å². The van der Waals surface area contributed by atoms with Crippen molar-refractivity contribution in [1.82, 2.24) is 15.3 Å². The fraction of sp³-hybridized carbons (Fsp3) is 0.429. The van der Waals surface area contributed by atoms with Crippen molar-refractivity contribution in [1.29, 1.82) is 0 Å². The minimum Gasteiger partial charge on any atom is -0.410 e. The van der Waals surface area contributed by atoms with Gasteiger partial charge in [-0.05, 0) is 18.6 Å². The Morgan fingerprint density at radius 1 is 1.26 bits per heavy atom. The summed E-state index contributed by atoms with van der Waals surface area (Å²) in [4.78, 5) is 18.8. The van der Waals surface area contributed by atoms with Gasteiger partial charge in [-0.1, -0.05) is 0 Å². The first-order chi connectivity index (χ1) is 11.1. The van der Waals surface area contributed by atoms with E-state index >= 15 is 0 Å². The number of aromatic nitrogens is 2. The van der Waals surface area contributed by atoms with Crippen LogP contribution in [0.25, 0.3) is 11.0 Å². The lowest BCUT2D eigenvalue weighted by atomic mass is 10.3. The normalized spacial score (nSPS) is 11.6. The highest BCUT2D eigenvalue weighted by Gasteiger charge is 2.36. The van der Waals surface area contributed by atoms with E-state index in [0.717, 1.165) is 11.0 Å². The van der Waals surface area contributed by atoms with Gasteiger partial charge in [-0.25, -0.2) is 9.78 Å². The molecule has 0 fully saturated rings. The number of imidazole rings is 1. The SMILES string of the molecule is CO[Si](CCCNC(=O)Oc1ccc2nc[nH]c2c1)(OC)OC. The Labute approximate surface area is 135 Å². The molecule has 1 aromatic heterocycles. The topological polar surface area (TPSA) is 94.7 Å². The van der Waals surface area contributed by atoms with Crippen molar-refractivity contribution in [3.8, 4) is 5.75 Å². The van der Waals surface area contributed by atoms with Crippen LogP contribution < -0.4 is 10.1 Å². The predicted octanol–water partition coefficient (Wildman–Crippen LogP) is 1.92. The Kier molecular flexibility index (Phi) is 6.10. The van der Waals surface area contributed by atoms with Crippen LogP contribution in [0.3, 0.4) is 0 Å². The molecule has 2 aromatic rings. The standard InChI is InChI=1S/C14H21N3O5Si/c1-19-23(20-2,21-3)8-4-7-15-14(18)22-11-5-6-12-13(9-11)17-10-16-12/h5-6,9-10H,4,7-8H2,1-3H3,(H,15,18)(H,16,17). The fourth-order valence-corrected chi connectivity index (χ4v) is 3.90. The van der Waals surface area contributed by atoms with Crippen LogP contribution in [-0.4, -0.2) is 52.7 Å². The maximum Gasteiger partial charge on any atom is 0.500 e. The van der Waals surface area contributed by atoms with Crippen LogP contribution in [0.2, 0.25) is 6.04 Å². The van der Waals surface area contributed by atoms with Crippen LogP contribution >= 0.6 is 0 Å². The molecule has 0 atom stereocenters. The quantitative estimate of drug-likeness (QED) is 0.564. The summed E-state index contributed by atoms with van der Waals surface area (Å²) in [6.45, 7) is 0.440. The summed E-state index contributed by atoms with van der Waals surface area (Å²) in [6.07, 6.45) is 1.74. The van der Waals surface area contributed by atoms with Gasteiger partial charge in [0.1, 0.15) is 5.75 Å². The third-order valence-corrected chi connectivity index (χ3v) is 6.30. The molecule has 2 N–H and O–H groups in total. The van der Waals surface area contributed by atoms with Gasteiger partial charge in [0.05, 0.1) is 17.4 Å². The van der Waals surface area contributed by atoms with Gasteiger partial charge >= 0.3 is 14.9 Å². The van der Waals surface area contributed by atoms with E-state index in [4.69, 9.17) is 18.0 Å². The van der Waals surface area contributed by atoms with Gasteiger partial charge in [0.2, 0.25) is 0 Å². The lowest BCUT2D eigenvalue weighted by molar-refractivity contribution is 0.123. The molecule has 23 heavy (non-hydrogen) atoms. The summed E-state index contributed by atoms with van der Waals surface area (Å²) in [7, 11) is 2.10. The molecular weight excluding hydrogens is 318 g/mol. The van der Waals surface area contributed by atoms with E-state index in [1.165, 1.54) is 0 Å². The molecule has 8 nitrogen and oxygen atoms in total. The van der Waals surface area contributed by atoms with Gasteiger partial charge in [-0.3, -0.25) is 0 Å². The molecule has 0 aliphatic carbocycles. The van der Waals surface area contributed by atoms with Gasteiger partial charge < -0.3 is 28.3 Å². The highest BCUT2D eigenvalue weighted by Crippen LogP contribution is 2.18. The maximum atomic E-state index is 11.8. The molecule has 0 radical (unpaired) electrons. The van der Waals surface area contributed by atoms with Gasteiger partial charge in [0.15, 0.2) is 0 Å². The van der Waals surface area contributed by atoms with Crippen LogP contribution in [0.5, 0.6) is 5.75 Å². The molecule has 0 aliphatic rings. The number of aromatic amines is 1. The van der Waals surface area contributed by atoms with Gasteiger partial charge in [-0.15, -0.1) is 0 Å². The fourth-order valence-electron chi connectivity index (χ4n) is 2.17. The number of hydrogen-bond donors (Lipinski definition) is 2. The van der Waals surface area contributed by atoms with Crippen LogP contribution in [0.15, 0.2) is 24.5 Å². The number of carbonyl (C=O) groups excluding carboxylic acids is 1. The Hall–Kier alpha value is -1.94. The number of nitrogens with zero attached hydrogens (tertiary/aromatic N) is 1. The summed E-state index contributed by atoms with van der Waals surface area (Å²) in [5, 5.41) is 2.69. The average Bonchev–Trinajstić information content (AvgIpc) is 3.03. The lowest BCUT2D eigenvalue weighted by Crippen LogP contribution is -2.43. The number of ether oxygens (including phenoxy) is 1. The second kappa shape index (κ2) is 8.06. The second-order valence-corrected chi connectivity index (χ2v) is 7.89. The molecule has 2 rings (SSSR count). The van der Waals surface area contributed by atoms with Crippen LogP contribution in [0, 0.1) is 0 Å². The molecule has 1 amide bonds. The molecule has 0 spiro atoms. The van der Waals surface area contributed by atoms with Crippen molar-refractivity contribution < 1.29 is 22.8 Å². The number of nitrogens with one attached hydrogen (secondary N) is 2. The number of carbonyl (C=O) groups is 1. The molecule has 1 heterocycles. The number of hydrogen-bond acceptors (Lipinski definition) is 6. The van der Waals surface area contributed by atoms with Crippen molar-refractivity contribution in [3.05, 3.63) is 24.5 Å². The van der Waals surface area contributed by atoms with E-state index < -0.39 is 14.9 Å². The predicted molar refractivity (Wildman–Crippen MR) is 86.3 cm³/mol. The Morgan fingerprint density at radius 2 is 2.00 bits per heavy atom. The van der Waals surface area contributed by atoms with Gasteiger partial charge in [0.25, 0.3) is 0 Å². The molecule has 1 aromatic carbocycles. The molecule has 0 bridgehead atoms. The van der Waals surface area contributed by atoms with Crippen LogP contribution in [-0.2, 0) is 13.3 Å². The number of benzene rings is 1. The summed E-state index contributed by atoms with van der Waals surface area (Å²) >= 11 is 0. The molecular formula is C14H21N3O5Si. The lowest BCUT2D eigenvalue weighted by Gasteiger charge is -2.24. The zero-order chi connectivity index (χ0) is 16.7. The summed E-state index contributed by atoms with van der Waals surface area (Å²) < 4.78 is 21.2. The monoisotopic (exact) mass is 339 g/mol. The highest BCUT2D eigenvalue weighted by atomic mass is 28.4.